The van der Waals surface area contributed by atoms with Crippen LogP contribution >= 0.6 is 11.6 Å². The van der Waals surface area contributed by atoms with Crippen LogP contribution in [0.5, 0.6) is 0 Å². The molecule has 1 aromatic carbocycles. The minimum atomic E-state index is -3.11. The van der Waals surface area contributed by atoms with Gasteiger partial charge in [0, 0.05) is 30.8 Å². The van der Waals surface area contributed by atoms with Crippen LogP contribution < -0.4 is 9.62 Å². The molecule has 18 heavy (non-hydrogen) atoms. The van der Waals surface area contributed by atoms with Gasteiger partial charge in [0.15, 0.2) is 0 Å². The number of nitrogens with zero attached hydrogens (tertiary/aromatic N) is 1. The van der Waals surface area contributed by atoms with Gasteiger partial charge in [-0.3, -0.25) is 0 Å². The van der Waals surface area contributed by atoms with E-state index in [1.807, 2.05) is 43.1 Å². The molecule has 0 radical (unpaired) electrons. The summed E-state index contributed by atoms with van der Waals surface area (Å²) in [4.78, 5) is 1.98. The fourth-order valence-corrected chi connectivity index (χ4v) is 2.74. The van der Waals surface area contributed by atoms with Crippen molar-refractivity contribution in [1.82, 2.24) is 4.72 Å². The van der Waals surface area contributed by atoms with Crippen LogP contribution in [0.3, 0.4) is 0 Å². The highest BCUT2D eigenvalue weighted by Crippen LogP contribution is 2.16. The molecule has 0 atom stereocenters. The highest BCUT2D eigenvalue weighted by molar-refractivity contribution is 7.89. The van der Waals surface area contributed by atoms with Gasteiger partial charge in [0.2, 0.25) is 10.0 Å². The molecule has 1 rings (SSSR count). The van der Waals surface area contributed by atoms with E-state index in [4.69, 9.17) is 11.6 Å². The molecule has 4 nitrogen and oxygen atoms in total. The standard InChI is InChI=1S/C12H19ClN2O2S/c1-3-10-18(16,17)14-8-9-15(2)12-6-4-11(13)5-7-12/h4-7,14H,3,8-10H2,1-2H3. The van der Waals surface area contributed by atoms with E-state index in [1.165, 1.54) is 0 Å². The Morgan fingerprint density at radius 1 is 1.28 bits per heavy atom. The molecule has 0 unspecified atom stereocenters. The Balaban J connectivity index is 2.42. The summed E-state index contributed by atoms with van der Waals surface area (Å²) in [6.45, 7) is 2.87. The number of benzene rings is 1. The number of sulfonamides is 1. The molecular formula is C12H19ClN2O2S. The highest BCUT2D eigenvalue weighted by Gasteiger charge is 2.08. The summed E-state index contributed by atoms with van der Waals surface area (Å²) < 4.78 is 25.5. The topological polar surface area (TPSA) is 49.4 Å². The van der Waals surface area contributed by atoms with Crippen molar-refractivity contribution in [3.05, 3.63) is 29.3 Å². The molecule has 0 aromatic heterocycles. The van der Waals surface area contributed by atoms with Crippen molar-refractivity contribution >= 4 is 27.3 Å². The molecule has 0 aliphatic heterocycles. The van der Waals surface area contributed by atoms with Crippen LogP contribution in [-0.2, 0) is 10.0 Å². The van der Waals surface area contributed by atoms with Crippen molar-refractivity contribution in [3.63, 3.8) is 0 Å². The Bertz CT molecular complexity index is 459. The molecule has 0 saturated carbocycles. The van der Waals surface area contributed by atoms with E-state index < -0.39 is 10.0 Å². The maximum atomic E-state index is 11.4. The quantitative estimate of drug-likeness (QED) is 0.837. The highest BCUT2D eigenvalue weighted by atomic mass is 35.5. The predicted molar refractivity (Wildman–Crippen MR) is 76.8 cm³/mol. The van der Waals surface area contributed by atoms with Crippen LogP contribution in [0.15, 0.2) is 24.3 Å². The lowest BCUT2D eigenvalue weighted by molar-refractivity contribution is 0.580. The molecule has 102 valence electrons. The van der Waals surface area contributed by atoms with Gasteiger partial charge in [-0.05, 0) is 30.7 Å². The monoisotopic (exact) mass is 290 g/mol. The van der Waals surface area contributed by atoms with Crippen LogP contribution in [-0.4, -0.2) is 34.3 Å². The van der Waals surface area contributed by atoms with E-state index in [-0.39, 0.29) is 5.75 Å². The van der Waals surface area contributed by atoms with Crippen LogP contribution in [0, 0.1) is 0 Å². The van der Waals surface area contributed by atoms with Crippen molar-refractivity contribution in [2.24, 2.45) is 0 Å². The van der Waals surface area contributed by atoms with Crippen LogP contribution in [0.25, 0.3) is 0 Å². The first kappa shape index (κ1) is 15.3. The smallest absolute Gasteiger partial charge is 0.211 e. The Labute approximate surface area is 114 Å². The number of halogens is 1. The summed E-state index contributed by atoms with van der Waals surface area (Å²) in [5.41, 5.74) is 1.01. The Hall–Kier alpha value is -0.780. The Kier molecular flexibility index (Phi) is 5.91. The number of anilines is 1. The molecule has 6 heteroatoms. The third-order valence-electron chi connectivity index (χ3n) is 2.51. The van der Waals surface area contributed by atoms with Crippen molar-refractivity contribution in [2.75, 3.05) is 30.8 Å². The number of hydrogen-bond donors (Lipinski definition) is 1. The fraction of sp³-hybridized carbons (Fsp3) is 0.500. The molecule has 0 aliphatic rings. The number of rotatable bonds is 7. The minimum absolute atomic E-state index is 0.178. The molecular weight excluding hydrogens is 272 g/mol. The summed E-state index contributed by atoms with van der Waals surface area (Å²) in [5.74, 6) is 0.178. The molecule has 0 saturated heterocycles. The average Bonchev–Trinajstić information content (AvgIpc) is 2.29. The van der Waals surface area contributed by atoms with E-state index in [0.29, 0.717) is 24.5 Å². The number of likely N-dealkylation sites (N-methyl/N-ethyl adjacent to an activating group) is 1. The normalized spacial score (nSPS) is 11.5. The molecule has 1 aromatic rings. The SMILES string of the molecule is CCCS(=O)(=O)NCCN(C)c1ccc(Cl)cc1. The van der Waals surface area contributed by atoms with Crippen molar-refractivity contribution in [1.29, 1.82) is 0 Å². The van der Waals surface area contributed by atoms with Crippen molar-refractivity contribution in [3.8, 4) is 0 Å². The lowest BCUT2D eigenvalue weighted by Gasteiger charge is -2.19. The van der Waals surface area contributed by atoms with E-state index >= 15 is 0 Å². The van der Waals surface area contributed by atoms with E-state index in [1.54, 1.807) is 0 Å². The Morgan fingerprint density at radius 3 is 2.44 bits per heavy atom. The van der Waals surface area contributed by atoms with Gasteiger partial charge in [-0.2, -0.15) is 0 Å². The van der Waals surface area contributed by atoms with Gasteiger partial charge < -0.3 is 4.90 Å². The summed E-state index contributed by atoms with van der Waals surface area (Å²) in [7, 11) is -1.20. The zero-order valence-electron chi connectivity index (χ0n) is 10.7. The molecule has 0 heterocycles. The zero-order valence-corrected chi connectivity index (χ0v) is 12.3. The first-order valence-corrected chi connectivity index (χ1v) is 7.91. The predicted octanol–water partition coefficient (Wildman–Crippen LogP) is 2.11. The van der Waals surface area contributed by atoms with Gasteiger partial charge in [0.25, 0.3) is 0 Å². The summed E-state index contributed by atoms with van der Waals surface area (Å²) in [6.07, 6.45) is 0.627. The van der Waals surface area contributed by atoms with E-state index in [9.17, 15) is 8.42 Å². The minimum Gasteiger partial charge on any atom is -0.373 e. The van der Waals surface area contributed by atoms with Gasteiger partial charge in [-0.15, -0.1) is 0 Å². The molecule has 0 spiro atoms. The fourth-order valence-electron chi connectivity index (χ4n) is 1.53. The second-order valence-electron chi connectivity index (χ2n) is 4.11. The van der Waals surface area contributed by atoms with Gasteiger partial charge in [0.05, 0.1) is 5.75 Å². The van der Waals surface area contributed by atoms with Gasteiger partial charge in [-0.25, -0.2) is 13.1 Å². The van der Waals surface area contributed by atoms with E-state index in [0.717, 1.165) is 5.69 Å². The third kappa shape index (κ3) is 5.25. The van der Waals surface area contributed by atoms with Crippen LogP contribution in [0.1, 0.15) is 13.3 Å². The zero-order chi connectivity index (χ0) is 13.6. The first-order chi connectivity index (χ1) is 8.44. The van der Waals surface area contributed by atoms with Crippen molar-refractivity contribution in [2.45, 2.75) is 13.3 Å². The molecule has 0 amide bonds. The largest absolute Gasteiger partial charge is 0.373 e. The lowest BCUT2D eigenvalue weighted by atomic mass is 10.3. The number of hydrogen-bond acceptors (Lipinski definition) is 3. The number of nitrogens with one attached hydrogen (secondary N) is 1. The molecule has 1 N–H and O–H groups in total. The third-order valence-corrected chi connectivity index (χ3v) is 4.35. The first-order valence-electron chi connectivity index (χ1n) is 5.88. The van der Waals surface area contributed by atoms with Crippen LogP contribution in [0.4, 0.5) is 5.69 Å². The second-order valence-corrected chi connectivity index (χ2v) is 6.47. The molecule has 0 fully saturated rings. The van der Waals surface area contributed by atoms with Crippen LogP contribution in [0.2, 0.25) is 5.02 Å². The summed E-state index contributed by atoms with van der Waals surface area (Å²) in [5, 5.41) is 0.691. The van der Waals surface area contributed by atoms with Gasteiger partial charge in [0.1, 0.15) is 0 Å². The molecule has 0 bridgehead atoms. The van der Waals surface area contributed by atoms with Gasteiger partial charge in [-0.1, -0.05) is 18.5 Å². The summed E-state index contributed by atoms with van der Waals surface area (Å²) in [6, 6.07) is 7.44. The Morgan fingerprint density at radius 2 is 1.89 bits per heavy atom. The maximum absolute atomic E-state index is 11.4. The van der Waals surface area contributed by atoms with Crippen molar-refractivity contribution < 1.29 is 8.42 Å². The second kappa shape index (κ2) is 6.97. The average molecular weight is 291 g/mol. The molecule has 0 aliphatic carbocycles. The van der Waals surface area contributed by atoms with E-state index in [2.05, 4.69) is 4.72 Å². The van der Waals surface area contributed by atoms with Gasteiger partial charge >= 0.3 is 0 Å². The maximum Gasteiger partial charge on any atom is 0.211 e. The lowest BCUT2D eigenvalue weighted by Crippen LogP contribution is -2.34. The summed E-state index contributed by atoms with van der Waals surface area (Å²) >= 11 is 5.81.